The number of hydrogen-bond donors (Lipinski definition) is 0. The van der Waals surface area contributed by atoms with Gasteiger partial charge in [-0.25, -0.2) is 0 Å². The highest BCUT2D eigenvalue weighted by Gasteiger charge is 2.32. The molecular weight excluding hydrogens is 208 g/mol. The highest BCUT2D eigenvalue weighted by Crippen LogP contribution is 2.48. The first kappa shape index (κ1) is 8.13. The Bertz CT molecular complexity index is 673. The zero-order valence-corrected chi connectivity index (χ0v) is 9.31. The van der Waals surface area contributed by atoms with Gasteiger partial charge >= 0.3 is 0 Å². The molecule has 0 fully saturated rings. The normalized spacial score (nSPS) is 20.6. The lowest BCUT2D eigenvalue weighted by Gasteiger charge is -2.20. The molecule has 1 heterocycles. The first-order chi connectivity index (χ1) is 8.84. The average molecular weight is 221 g/mol. The molecule has 0 spiro atoms. The molecule has 0 amide bonds. The Labute approximate surface area is 102 Å². The van der Waals surface area contributed by atoms with E-state index in [0.29, 0.717) is 6.04 Å². The molecule has 4 rings (SSSR count). The van der Waals surface area contributed by atoms with Crippen molar-refractivity contribution in [3.05, 3.63) is 71.3 Å². The van der Waals surface area contributed by atoms with Gasteiger partial charge in [-0.05, 0) is 18.1 Å². The molecule has 1 nitrogen and oxygen atoms in total. The lowest BCUT2D eigenvalue weighted by molar-refractivity contribution is 0.280. The fraction of sp³-hybridized carbons (Fsp3) is 0.125. The molecular formula is C16H12O. The lowest BCUT2D eigenvalue weighted by atomic mass is 9.87. The molecule has 2 aromatic carbocycles. The average Bonchev–Trinajstić information content (AvgIpc) is 2.77. The van der Waals surface area contributed by atoms with E-state index in [1.165, 1.54) is 16.7 Å². The SMILES string of the molecule is [2H]c1cccc2c1C1Oc3ccccc3C1=CC2. The predicted molar refractivity (Wildman–Crippen MR) is 67.9 cm³/mol. The maximum Gasteiger partial charge on any atom is 0.150 e. The van der Waals surface area contributed by atoms with Gasteiger partial charge in [0.15, 0.2) is 0 Å². The topological polar surface area (TPSA) is 9.23 Å². The Morgan fingerprint density at radius 1 is 1.12 bits per heavy atom. The third kappa shape index (κ3) is 1.19. The van der Waals surface area contributed by atoms with E-state index in [1.807, 2.05) is 30.3 Å². The number of allylic oxidation sites excluding steroid dienone is 1. The number of benzene rings is 2. The summed E-state index contributed by atoms with van der Waals surface area (Å²) in [6.07, 6.45) is 3.05. The number of rotatable bonds is 0. The van der Waals surface area contributed by atoms with Crippen molar-refractivity contribution in [1.29, 1.82) is 0 Å². The largest absolute Gasteiger partial charge is 0.480 e. The van der Waals surface area contributed by atoms with Crippen molar-refractivity contribution in [2.75, 3.05) is 0 Å². The summed E-state index contributed by atoms with van der Waals surface area (Å²) in [4.78, 5) is 0. The molecule has 0 N–H and O–H groups in total. The molecule has 1 aliphatic heterocycles. The molecule has 2 aromatic rings. The predicted octanol–water partition coefficient (Wildman–Crippen LogP) is 3.76. The smallest absolute Gasteiger partial charge is 0.150 e. The van der Waals surface area contributed by atoms with Crippen LogP contribution in [0.1, 0.15) is 24.2 Å². The van der Waals surface area contributed by atoms with Crippen LogP contribution in [0.2, 0.25) is 0 Å². The summed E-state index contributed by atoms with van der Waals surface area (Å²) in [6, 6.07) is 14.6. The van der Waals surface area contributed by atoms with Gasteiger partial charge in [-0.3, -0.25) is 0 Å². The number of para-hydroxylation sites is 1. The Hall–Kier alpha value is -2.02. The van der Waals surface area contributed by atoms with Gasteiger partial charge in [0, 0.05) is 16.7 Å². The molecule has 0 saturated carbocycles. The summed E-state index contributed by atoms with van der Waals surface area (Å²) in [7, 11) is 0. The molecule has 1 unspecified atom stereocenters. The van der Waals surface area contributed by atoms with E-state index in [4.69, 9.17) is 6.11 Å². The van der Waals surface area contributed by atoms with Crippen LogP contribution in [0.3, 0.4) is 0 Å². The third-order valence-corrected chi connectivity index (χ3v) is 3.51. The minimum atomic E-state index is -0.0835. The van der Waals surface area contributed by atoms with Crippen LogP contribution in [0.25, 0.3) is 5.57 Å². The molecule has 2 aliphatic rings. The fourth-order valence-electron chi connectivity index (χ4n) is 2.70. The van der Waals surface area contributed by atoms with Crippen molar-refractivity contribution < 1.29 is 6.11 Å². The third-order valence-electron chi connectivity index (χ3n) is 3.51. The quantitative estimate of drug-likeness (QED) is 0.658. The van der Waals surface area contributed by atoms with E-state index in [9.17, 15) is 0 Å². The second-order valence-corrected chi connectivity index (χ2v) is 4.47. The van der Waals surface area contributed by atoms with Crippen molar-refractivity contribution in [2.45, 2.75) is 12.5 Å². The summed E-state index contributed by atoms with van der Waals surface area (Å²) in [5.41, 5.74) is 4.64. The van der Waals surface area contributed by atoms with E-state index >= 15 is 0 Å². The molecule has 17 heavy (non-hydrogen) atoms. The van der Waals surface area contributed by atoms with E-state index in [0.717, 1.165) is 17.7 Å². The van der Waals surface area contributed by atoms with Gasteiger partial charge < -0.3 is 4.74 Å². The maximum atomic E-state index is 8.10. The Balaban J connectivity index is 1.93. The van der Waals surface area contributed by atoms with Crippen LogP contribution in [0.5, 0.6) is 5.75 Å². The standard InChI is InChI=1S/C16H12O/c1-2-6-12-11(5-1)9-10-14-13-7-3-4-8-15(13)17-16(12)14/h1-8,10,16H,9H2/i6D. The lowest BCUT2D eigenvalue weighted by Crippen LogP contribution is -2.10. The molecule has 1 heteroatoms. The molecule has 0 aromatic heterocycles. The van der Waals surface area contributed by atoms with Crippen molar-refractivity contribution in [1.82, 2.24) is 0 Å². The minimum Gasteiger partial charge on any atom is -0.480 e. The van der Waals surface area contributed by atoms with Crippen LogP contribution in [-0.4, -0.2) is 0 Å². The number of ether oxygens (including phenoxy) is 1. The molecule has 0 radical (unpaired) electrons. The summed E-state index contributed by atoms with van der Waals surface area (Å²) in [5.74, 6) is 0.935. The summed E-state index contributed by atoms with van der Waals surface area (Å²) in [6.45, 7) is 0. The number of fused-ring (bicyclic) bond motifs is 5. The van der Waals surface area contributed by atoms with Crippen molar-refractivity contribution in [2.24, 2.45) is 0 Å². The number of hydrogen-bond acceptors (Lipinski definition) is 1. The molecule has 0 bridgehead atoms. The fourth-order valence-corrected chi connectivity index (χ4v) is 2.70. The van der Waals surface area contributed by atoms with Crippen LogP contribution in [-0.2, 0) is 6.42 Å². The summed E-state index contributed by atoms with van der Waals surface area (Å²) >= 11 is 0. The second-order valence-electron chi connectivity index (χ2n) is 4.47. The van der Waals surface area contributed by atoms with E-state index in [1.54, 1.807) is 0 Å². The van der Waals surface area contributed by atoms with Gasteiger partial charge in [-0.15, -0.1) is 0 Å². The van der Waals surface area contributed by atoms with Gasteiger partial charge in [-0.2, -0.15) is 0 Å². The first-order valence-corrected chi connectivity index (χ1v) is 5.89. The summed E-state index contributed by atoms with van der Waals surface area (Å²) in [5, 5.41) is 0. The van der Waals surface area contributed by atoms with E-state index in [-0.39, 0.29) is 6.10 Å². The van der Waals surface area contributed by atoms with Crippen LogP contribution in [0, 0.1) is 0 Å². The zero-order chi connectivity index (χ0) is 12.1. The molecule has 0 saturated heterocycles. The van der Waals surface area contributed by atoms with E-state index in [2.05, 4.69) is 18.2 Å². The first-order valence-electron chi connectivity index (χ1n) is 6.39. The Kier molecular flexibility index (Phi) is 1.55. The van der Waals surface area contributed by atoms with Gasteiger partial charge in [-0.1, -0.05) is 48.5 Å². The summed E-state index contributed by atoms with van der Waals surface area (Å²) < 4.78 is 14.1. The highest BCUT2D eigenvalue weighted by atomic mass is 16.5. The Morgan fingerprint density at radius 2 is 2.00 bits per heavy atom. The van der Waals surface area contributed by atoms with Crippen LogP contribution >= 0.6 is 0 Å². The van der Waals surface area contributed by atoms with Crippen molar-refractivity contribution in [3.8, 4) is 5.75 Å². The van der Waals surface area contributed by atoms with Crippen LogP contribution < -0.4 is 4.74 Å². The second kappa shape index (κ2) is 3.24. The monoisotopic (exact) mass is 221 g/mol. The van der Waals surface area contributed by atoms with Crippen LogP contribution in [0.4, 0.5) is 0 Å². The van der Waals surface area contributed by atoms with E-state index < -0.39 is 0 Å². The van der Waals surface area contributed by atoms with Gasteiger partial charge in [0.1, 0.15) is 11.9 Å². The van der Waals surface area contributed by atoms with Gasteiger partial charge in [0.05, 0.1) is 1.37 Å². The molecule has 1 aliphatic carbocycles. The Morgan fingerprint density at radius 3 is 3.00 bits per heavy atom. The van der Waals surface area contributed by atoms with Gasteiger partial charge in [0.2, 0.25) is 0 Å². The molecule has 1 atom stereocenters. The maximum absolute atomic E-state index is 8.10. The zero-order valence-electron chi connectivity index (χ0n) is 10.3. The van der Waals surface area contributed by atoms with Crippen LogP contribution in [0.15, 0.2) is 54.6 Å². The molecule has 82 valence electrons. The van der Waals surface area contributed by atoms with Crippen molar-refractivity contribution >= 4 is 5.57 Å². The van der Waals surface area contributed by atoms with Gasteiger partial charge in [0.25, 0.3) is 0 Å². The minimum absolute atomic E-state index is 0.0835. The highest BCUT2D eigenvalue weighted by molar-refractivity contribution is 5.80. The van der Waals surface area contributed by atoms with Crippen molar-refractivity contribution in [3.63, 3.8) is 0 Å².